The van der Waals surface area contributed by atoms with Gasteiger partial charge in [-0.15, -0.1) is 0 Å². The second-order valence-electron chi connectivity index (χ2n) is 4.60. The average molecular weight is 257 g/mol. The molecule has 0 fully saturated rings. The summed E-state index contributed by atoms with van der Waals surface area (Å²) in [5.41, 5.74) is 3.02. The molecule has 19 heavy (non-hydrogen) atoms. The van der Waals surface area contributed by atoms with Crippen molar-refractivity contribution in [3.63, 3.8) is 0 Å². The molecule has 0 aliphatic rings. The van der Waals surface area contributed by atoms with Gasteiger partial charge in [-0.2, -0.15) is 0 Å². The van der Waals surface area contributed by atoms with Crippen LogP contribution in [0.5, 0.6) is 0 Å². The van der Waals surface area contributed by atoms with Crippen LogP contribution in [0.2, 0.25) is 0 Å². The number of nitrogens with zero attached hydrogens (tertiary/aromatic N) is 3. The first kappa shape index (κ1) is 13.3. The summed E-state index contributed by atoms with van der Waals surface area (Å²) < 4.78 is 1.88. The Morgan fingerprint density at radius 3 is 2.68 bits per heavy atom. The van der Waals surface area contributed by atoms with Crippen molar-refractivity contribution in [2.75, 3.05) is 11.4 Å². The fourth-order valence-corrected chi connectivity index (χ4v) is 2.15. The van der Waals surface area contributed by atoms with Crippen LogP contribution in [0.1, 0.15) is 18.2 Å². The summed E-state index contributed by atoms with van der Waals surface area (Å²) in [5, 5.41) is 0. The summed E-state index contributed by atoms with van der Waals surface area (Å²) >= 11 is 0. The Hall–Kier alpha value is -2.10. The molecule has 2 aromatic rings. The lowest BCUT2D eigenvalue weighted by Crippen LogP contribution is -2.33. The number of aryl methyl sites for hydroxylation is 2. The minimum absolute atomic E-state index is 0.0976. The maximum absolute atomic E-state index is 12.4. The molecule has 4 heteroatoms. The highest BCUT2D eigenvalue weighted by Gasteiger charge is 2.17. The van der Waals surface area contributed by atoms with Crippen molar-refractivity contribution in [2.45, 2.75) is 20.3 Å². The SMILES string of the molecule is CCN(C(=O)Cc1cncn1C)c1ccccc1C. The third-order valence-corrected chi connectivity index (χ3v) is 3.27. The number of carbonyl (C=O) groups excluding carboxylic acids is 1. The van der Waals surface area contributed by atoms with Gasteiger partial charge in [0.2, 0.25) is 5.91 Å². The predicted molar refractivity (Wildman–Crippen MR) is 76.1 cm³/mol. The van der Waals surface area contributed by atoms with Crippen molar-refractivity contribution in [1.29, 1.82) is 0 Å². The summed E-state index contributed by atoms with van der Waals surface area (Å²) in [7, 11) is 1.90. The van der Waals surface area contributed by atoms with Gasteiger partial charge in [-0.3, -0.25) is 4.79 Å². The number of rotatable bonds is 4. The van der Waals surface area contributed by atoms with Gasteiger partial charge in [0.05, 0.1) is 12.7 Å². The van der Waals surface area contributed by atoms with Crippen LogP contribution in [0.25, 0.3) is 0 Å². The molecule has 4 nitrogen and oxygen atoms in total. The van der Waals surface area contributed by atoms with E-state index in [9.17, 15) is 4.79 Å². The average Bonchev–Trinajstić information content (AvgIpc) is 2.78. The van der Waals surface area contributed by atoms with E-state index in [4.69, 9.17) is 0 Å². The zero-order chi connectivity index (χ0) is 13.8. The molecule has 0 aliphatic carbocycles. The van der Waals surface area contributed by atoms with E-state index in [1.807, 2.05) is 54.6 Å². The first-order valence-corrected chi connectivity index (χ1v) is 6.44. The fourth-order valence-electron chi connectivity index (χ4n) is 2.15. The molecule has 1 aromatic heterocycles. The molecular formula is C15H19N3O. The lowest BCUT2D eigenvalue weighted by atomic mass is 10.1. The van der Waals surface area contributed by atoms with Crippen molar-refractivity contribution in [2.24, 2.45) is 7.05 Å². The number of para-hydroxylation sites is 1. The molecule has 0 atom stereocenters. The van der Waals surface area contributed by atoms with E-state index in [1.165, 1.54) is 0 Å². The third-order valence-electron chi connectivity index (χ3n) is 3.27. The highest BCUT2D eigenvalue weighted by atomic mass is 16.2. The summed E-state index contributed by atoms with van der Waals surface area (Å²) in [5.74, 6) is 0.0976. The van der Waals surface area contributed by atoms with Crippen molar-refractivity contribution >= 4 is 11.6 Å². The molecule has 1 aromatic carbocycles. The van der Waals surface area contributed by atoms with Crippen LogP contribution >= 0.6 is 0 Å². The number of amides is 1. The molecule has 0 bridgehead atoms. The van der Waals surface area contributed by atoms with E-state index in [2.05, 4.69) is 4.98 Å². The van der Waals surface area contributed by atoms with E-state index >= 15 is 0 Å². The van der Waals surface area contributed by atoms with E-state index in [0.29, 0.717) is 13.0 Å². The number of likely N-dealkylation sites (N-methyl/N-ethyl adjacent to an activating group) is 1. The molecule has 0 aliphatic heterocycles. The second-order valence-corrected chi connectivity index (χ2v) is 4.60. The second kappa shape index (κ2) is 5.69. The van der Waals surface area contributed by atoms with E-state index in [1.54, 1.807) is 12.5 Å². The number of aromatic nitrogens is 2. The Morgan fingerprint density at radius 1 is 1.37 bits per heavy atom. The van der Waals surface area contributed by atoms with Crippen LogP contribution in [0.4, 0.5) is 5.69 Å². The van der Waals surface area contributed by atoms with Gasteiger partial charge in [0.15, 0.2) is 0 Å². The highest BCUT2D eigenvalue weighted by Crippen LogP contribution is 2.20. The minimum atomic E-state index is 0.0976. The normalized spacial score (nSPS) is 10.5. The van der Waals surface area contributed by atoms with Gasteiger partial charge in [0.1, 0.15) is 0 Å². The highest BCUT2D eigenvalue weighted by molar-refractivity contribution is 5.95. The van der Waals surface area contributed by atoms with Crippen LogP contribution in [0.3, 0.4) is 0 Å². The largest absolute Gasteiger partial charge is 0.337 e. The van der Waals surface area contributed by atoms with Gasteiger partial charge in [0, 0.05) is 31.2 Å². The molecule has 2 rings (SSSR count). The van der Waals surface area contributed by atoms with E-state index in [0.717, 1.165) is 16.9 Å². The number of carbonyl (C=O) groups is 1. The molecule has 0 saturated heterocycles. The summed E-state index contributed by atoms with van der Waals surface area (Å²) in [6.07, 6.45) is 3.83. The van der Waals surface area contributed by atoms with Gasteiger partial charge in [-0.05, 0) is 25.5 Å². The van der Waals surface area contributed by atoms with Gasteiger partial charge in [-0.25, -0.2) is 4.98 Å². The number of imidazole rings is 1. The van der Waals surface area contributed by atoms with E-state index < -0.39 is 0 Å². The quantitative estimate of drug-likeness (QED) is 0.843. The van der Waals surface area contributed by atoms with Crippen molar-refractivity contribution in [3.05, 3.63) is 48.0 Å². The maximum atomic E-state index is 12.4. The number of benzene rings is 1. The van der Waals surface area contributed by atoms with Crippen LogP contribution < -0.4 is 4.90 Å². The van der Waals surface area contributed by atoms with Gasteiger partial charge in [-0.1, -0.05) is 18.2 Å². The topological polar surface area (TPSA) is 38.1 Å². The maximum Gasteiger partial charge on any atom is 0.232 e. The number of hydrogen-bond acceptors (Lipinski definition) is 2. The molecule has 0 saturated carbocycles. The van der Waals surface area contributed by atoms with Crippen LogP contribution in [-0.2, 0) is 18.3 Å². The lowest BCUT2D eigenvalue weighted by molar-refractivity contribution is -0.118. The van der Waals surface area contributed by atoms with Crippen molar-refractivity contribution in [1.82, 2.24) is 9.55 Å². The first-order chi connectivity index (χ1) is 9.13. The predicted octanol–water partition coefficient (Wildman–Crippen LogP) is 2.32. The standard InChI is InChI=1S/C15H19N3O/c1-4-18(14-8-6-5-7-12(14)2)15(19)9-13-10-16-11-17(13)3/h5-8,10-11H,4,9H2,1-3H3. The zero-order valence-electron chi connectivity index (χ0n) is 11.6. The van der Waals surface area contributed by atoms with E-state index in [-0.39, 0.29) is 5.91 Å². The molecule has 0 radical (unpaired) electrons. The van der Waals surface area contributed by atoms with Crippen LogP contribution in [0.15, 0.2) is 36.8 Å². The summed E-state index contributed by atoms with van der Waals surface area (Å²) in [6.45, 7) is 4.68. The first-order valence-electron chi connectivity index (χ1n) is 6.44. The van der Waals surface area contributed by atoms with Crippen molar-refractivity contribution < 1.29 is 4.79 Å². The number of anilines is 1. The molecule has 0 N–H and O–H groups in total. The Morgan fingerprint density at radius 2 is 2.11 bits per heavy atom. The minimum Gasteiger partial charge on any atom is -0.337 e. The summed E-state index contributed by atoms with van der Waals surface area (Å²) in [4.78, 5) is 18.3. The molecule has 0 spiro atoms. The van der Waals surface area contributed by atoms with Gasteiger partial charge >= 0.3 is 0 Å². The summed E-state index contributed by atoms with van der Waals surface area (Å²) in [6, 6.07) is 7.95. The molecule has 1 amide bonds. The zero-order valence-corrected chi connectivity index (χ0v) is 11.6. The van der Waals surface area contributed by atoms with Crippen LogP contribution in [0, 0.1) is 6.92 Å². The molecule has 100 valence electrons. The van der Waals surface area contributed by atoms with Crippen molar-refractivity contribution in [3.8, 4) is 0 Å². The van der Waals surface area contributed by atoms with Crippen LogP contribution in [-0.4, -0.2) is 22.0 Å². The Kier molecular flexibility index (Phi) is 4.00. The fraction of sp³-hybridized carbons (Fsp3) is 0.333. The molecule has 1 heterocycles. The Balaban J connectivity index is 2.21. The smallest absolute Gasteiger partial charge is 0.232 e. The monoisotopic (exact) mass is 257 g/mol. The Bertz CT molecular complexity index is 574. The van der Waals surface area contributed by atoms with Gasteiger partial charge in [0.25, 0.3) is 0 Å². The Labute approximate surface area is 113 Å². The van der Waals surface area contributed by atoms with Gasteiger partial charge < -0.3 is 9.47 Å². The number of hydrogen-bond donors (Lipinski definition) is 0. The molecular weight excluding hydrogens is 238 g/mol. The molecule has 0 unspecified atom stereocenters. The lowest BCUT2D eigenvalue weighted by Gasteiger charge is -2.23. The third kappa shape index (κ3) is 2.84.